The van der Waals surface area contributed by atoms with Crippen molar-refractivity contribution in [2.75, 3.05) is 5.32 Å². The molecular weight excluding hydrogens is 366 g/mol. The molecule has 144 valence electrons. The van der Waals surface area contributed by atoms with Gasteiger partial charge in [0.15, 0.2) is 6.61 Å². The third kappa shape index (κ3) is 4.32. The fourth-order valence-corrected chi connectivity index (χ4v) is 2.88. The number of ether oxygens (including phenoxy) is 1. The normalized spacial score (nSPS) is 10.5. The minimum absolute atomic E-state index is 0.186. The Morgan fingerprint density at radius 1 is 0.966 bits per heavy atom. The van der Waals surface area contributed by atoms with Crippen molar-refractivity contribution in [2.45, 2.75) is 13.5 Å². The van der Waals surface area contributed by atoms with Gasteiger partial charge in [-0.1, -0.05) is 53.7 Å². The van der Waals surface area contributed by atoms with Crippen LogP contribution in [0.2, 0.25) is 0 Å². The lowest BCUT2D eigenvalue weighted by molar-refractivity contribution is 0.102. The summed E-state index contributed by atoms with van der Waals surface area (Å²) in [7, 11) is 0. The molecular formula is C23H19N3O3. The van der Waals surface area contributed by atoms with E-state index in [4.69, 9.17) is 9.26 Å². The number of carbonyl (C=O) groups is 1. The highest BCUT2D eigenvalue weighted by Gasteiger charge is 2.16. The molecule has 4 aromatic rings. The molecule has 6 nitrogen and oxygen atoms in total. The molecule has 0 unspecified atom stereocenters. The predicted molar refractivity (Wildman–Crippen MR) is 110 cm³/mol. The number of aromatic nitrogens is 2. The second-order valence-corrected chi connectivity index (χ2v) is 6.43. The van der Waals surface area contributed by atoms with Crippen molar-refractivity contribution in [3.8, 4) is 17.2 Å². The van der Waals surface area contributed by atoms with Crippen LogP contribution in [0.3, 0.4) is 0 Å². The number of nitrogens with one attached hydrogen (secondary N) is 1. The number of aryl methyl sites for hydroxylation is 1. The summed E-state index contributed by atoms with van der Waals surface area (Å²) in [5.74, 6) is 1.27. The van der Waals surface area contributed by atoms with E-state index in [0.29, 0.717) is 28.5 Å². The molecule has 1 N–H and O–H groups in total. The zero-order chi connectivity index (χ0) is 20.1. The van der Waals surface area contributed by atoms with E-state index in [1.165, 1.54) is 0 Å². The van der Waals surface area contributed by atoms with Crippen LogP contribution in [0.5, 0.6) is 5.75 Å². The Hall–Kier alpha value is -3.93. The molecule has 0 fully saturated rings. The molecule has 29 heavy (non-hydrogen) atoms. The summed E-state index contributed by atoms with van der Waals surface area (Å²) in [5.41, 5.74) is 2.76. The second kappa shape index (κ2) is 8.39. The minimum atomic E-state index is -0.192. The molecule has 0 atom stereocenters. The van der Waals surface area contributed by atoms with E-state index < -0.39 is 0 Å². The summed E-state index contributed by atoms with van der Waals surface area (Å²) in [4.78, 5) is 17.1. The molecule has 0 saturated heterocycles. The van der Waals surface area contributed by atoms with Crippen LogP contribution in [0.15, 0.2) is 83.4 Å². The first-order valence-corrected chi connectivity index (χ1v) is 9.17. The van der Waals surface area contributed by atoms with Gasteiger partial charge in [-0.25, -0.2) is 0 Å². The summed E-state index contributed by atoms with van der Waals surface area (Å²) >= 11 is 0. The number of amides is 1. The summed E-state index contributed by atoms with van der Waals surface area (Å²) in [5, 5.41) is 6.91. The van der Waals surface area contributed by atoms with Crippen LogP contribution >= 0.6 is 0 Å². The van der Waals surface area contributed by atoms with Crippen LogP contribution in [-0.2, 0) is 6.61 Å². The van der Waals surface area contributed by atoms with E-state index in [1.54, 1.807) is 12.1 Å². The minimum Gasteiger partial charge on any atom is -0.485 e. The molecule has 0 spiro atoms. The molecule has 4 rings (SSSR count). The van der Waals surface area contributed by atoms with Gasteiger partial charge in [0, 0.05) is 5.56 Å². The van der Waals surface area contributed by atoms with E-state index in [1.807, 2.05) is 73.7 Å². The van der Waals surface area contributed by atoms with Gasteiger partial charge >= 0.3 is 0 Å². The van der Waals surface area contributed by atoms with Crippen LogP contribution in [0.4, 0.5) is 5.69 Å². The van der Waals surface area contributed by atoms with E-state index in [2.05, 4.69) is 15.5 Å². The first kappa shape index (κ1) is 18.4. The van der Waals surface area contributed by atoms with Crippen molar-refractivity contribution in [3.05, 3.63) is 95.8 Å². The molecule has 0 aliphatic carbocycles. The number of rotatable bonds is 6. The van der Waals surface area contributed by atoms with Gasteiger partial charge in [0.05, 0.1) is 11.3 Å². The highest BCUT2D eigenvalue weighted by atomic mass is 16.5. The molecule has 1 heterocycles. The number of nitrogens with zero attached hydrogens (tertiary/aromatic N) is 2. The van der Waals surface area contributed by atoms with E-state index >= 15 is 0 Å². The maximum Gasteiger partial charge on any atom is 0.260 e. The molecule has 1 aromatic heterocycles. The summed E-state index contributed by atoms with van der Waals surface area (Å²) in [6.07, 6.45) is 0. The quantitative estimate of drug-likeness (QED) is 0.512. The van der Waals surface area contributed by atoms with Gasteiger partial charge in [0.1, 0.15) is 5.75 Å². The number of para-hydroxylation sites is 2. The maximum absolute atomic E-state index is 12.7. The van der Waals surface area contributed by atoms with Crippen molar-refractivity contribution in [3.63, 3.8) is 0 Å². The van der Waals surface area contributed by atoms with E-state index in [-0.39, 0.29) is 12.5 Å². The summed E-state index contributed by atoms with van der Waals surface area (Å²) in [6.45, 7) is 2.09. The summed E-state index contributed by atoms with van der Waals surface area (Å²) < 4.78 is 11.1. The van der Waals surface area contributed by atoms with Crippen LogP contribution < -0.4 is 10.1 Å². The van der Waals surface area contributed by atoms with E-state index in [0.717, 1.165) is 11.3 Å². The molecule has 0 radical (unpaired) electrons. The van der Waals surface area contributed by atoms with Crippen molar-refractivity contribution in [1.82, 2.24) is 10.1 Å². The Labute approximate surface area is 168 Å². The highest BCUT2D eigenvalue weighted by molar-refractivity contribution is 6.06. The monoisotopic (exact) mass is 385 g/mol. The maximum atomic E-state index is 12.7. The van der Waals surface area contributed by atoms with Gasteiger partial charge in [-0.2, -0.15) is 4.98 Å². The zero-order valence-electron chi connectivity index (χ0n) is 15.8. The number of carbonyl (C=O) groups excluding carboxylic acids is 1. The molecule has 6 heteroatoms. The number of hydrogen-bond donors (Lipinski definition) is 1. The smallest absolute Gasteiger partial charge is 0.260 e. The molecule has 0 aliphatic rings. The van der Waals surface area contributed by atoms with Gasteiger partial charge in [-0.05, 0) is 42.8 Å². The zero-order valence-corrected chi connectivity index (χ0v) is 15.8. The third-order valence-electron chi connectivity index (χ3n) is 4.37. The first-order chi connectivity index (χ1) is 14.2. The Bertz CT molecular complexity index is 1120. The summed E-state index contributed by atoms with van der Waals surface area (Å²) in [6, 6.07) is 24.2. The SMILES string of the molecule is Cc1ccccc1C(=O)Nc1ccccc1-c1nc(COc2ccccc2)no1. The largest absolute Gasteiger partial charge is 0.485 e. The molecule has 0 aliphatic heterocycles. The van der Waals surface area contributed by atoms with E-state index in [9.17, 15) is 4.79 Å². The number of hydrogen-bond acceptors (Lipinski definition) is 5. The molecule has 0 saturated carbocycles. The Kier molecular flexibility index (Phi) is 5.33. The molecule has 1 amide bonds. The van der Waals surface area contributed by atoms with Crippen LogP contribution in [0, 0.1) is 6.92 Å². The average Bonchev–Trinajstić information content (AvgIpc) is 3.22. The van der Waals surface area contributed by atoms with Crippen molar-refractivity contribution in [1.29, 1.82) is 0 Å². The predicted octanol–water partition coefficient (Wildman–Crippen LogP) is 4.88. The van der Waals surface area contributed by atoms with Crippen LogP contribution in [0.1, 0.15) is 21.7 Å². The molecule has 0 bridgehead atoms. The Morgan fingerprint density at radius 2 is 1.69 bits per heavy atom. The Morgan fingerprint density at radius 3 is 2.52 bits per heavy atom. The topological polar surface area (TPSA) is 77.2 Å². The standard InChI is InChI=1S/C23H19N3O3/c1-16-9-5-6-12-18(16)22(27)24-20-14-8-7-13-19(20)23-25-21(26-29-23)15-28-17-10-3-2-4-11-17/h2-14H,15H2,1H3,(H,24,27). The third-order valence-corrected chi connectivity index (χ3v) is 4.37. The molecule has 3 aromatic carbocycles. The lowest BCUT2D eigenvalue weighted by Gasteiger charge is -2.10. The fraction of sp³-hybridized carbons (Fsp3) is 0.0870. The van der Waals surface area contributed by atoms with Crippen molar-refractivity contribution < 1.29 is 14.1 Å². The number of benzene rings is 3. The van der Waals surface area contributed by atoms with Gasteiger partial charge in [0.2, 0.25) is 5.82 Å². The van der Waals surface area contributed by atoms with Gasteiger partial charge in [0.25, 0.3) is 11.8 Å². The van der Waals surface area contributed by atoms with Crippen molar-refractivity contribution >= 4 is 11.6 Å². The van der Waals surface area contributed by atoms with Gasteiger partial charge in [-0.3, -0.25) is 4.79 Å². The lowest BCUT2D eigenvalue weighted by Crippen LogP contribution is -2.13. The second-order valence-electron chi connectivity index (χ2n) is 6.43. The Balaban J connectivity index is 1.52. The van der Waals surface area contributed by atoms with Crippen molar-refractivity contribution in [2.24, 2.45) is 0 Å². The van der Waals surface area contributed by atoms with Gasteiger partial charge < -0.3 is 14.6 Å². The van der Waals surface area contributed by atoms with Crippen LogP contribution in [-0.4, -0.2) is 16.0 Å². The highest BCUT2D eigenvalue weighted by Crippen LogP contribution is 2.27. The first-order valence-electron chi connectivity index (χ1n) is 9.17. The average molecular weight is 385 g/mol. The fourth-order valence-electron chi connectivity index (χ4n) is 2.88. The van der Waals surface area contributed by atoms with Crippen LogP contribution in [0.25, 0.3) is 11.5 Å². The van der Waals surface area contributed by atoms with Gasteiger partial charge in [-0.15, -0.1) is 0 Å². The number of anilines is 1. The lowest BCUT2D eigenvalue weighted by atomic mass is 10.1.